The first-order valence-corrected chi connectivity index (χ1v) is 6.92. The molecule has 1 fully saturated rings. The van der Waals surface area contributed by atoms with Gasteiger partial charge in [0.25, 0.3) is 0 Å². The SMILES string of the molecule is COc1c(C2CCNCC2)cccc1C(C)(C)C. The van der Waals surface area contributed by atoms with E-state index in [1.165, 1.54) is 24.0 Å². The molecule has 18 heavy (non-hydrogen) atoms. The van der Waals surface area contributed by atoms with Crippen molar-refractivity contribution in [1.82, 2.24) is 5.32 Å². The summed E-state index contributed by atoms with van der Waals surface area (Å²) < 4.78 is 5.74. The molecule has 0 aliphatic carbocycles. The van der Waals surface area contributed by atoms with Gasteiger partial charge >= 0.3 is 0 Å². The van der Waals surface area contributed by atoms with Gasteiger partial charge in [-0.05, 0) is 48.4 Å². The lowest BCUT2D eigenvalue weighted by Gasteiger charge is -2.29. The molecule has 1 aliphatic rings. The minimum atomic E-state index is 0.133. The van der Waals surface area contributed by atoms with Crippen molar-refractivity contribution in [1.29, 1.82) is 0 Å². The molecule has 2 heteroatoms. The minimum Gasteiger partial charge on any atom is -0.496 e. The number of piperidine rings is 1. The summed E-state index contributed by atoms with van der Waals surface area (Å²) in [4.78, 5) is 0. The van der Waals surface area contributed by atoms with Gasteiger partial charge in [-0.1, -0.05) is 39.0 Å². The van der Waals surface area contributed by atoms with E-state index in [4.69, 9.17) is 4.74 Å². The summed E-state index contributed by atoms with van der Waals surface area (Å²) >= 11 is 0. The van der Waals surface area contributed by atoms with Crippen LogP contribution in [0.25, 0.3) is 0 Å². The Bertz CT molecular complexity index is 400. The molecule has 0 saturated carbocycles. The second-order valence-corrected chi connectivity index (χ2v) is 6.20. The van der Waals surface area contributed by atoms with Crippen LogP contribution in [0.4, 0.5) is 0 Å². The number of para-hydroxylation sites is 1. The molecule has 2 nitrogen and oxygen atoms in total. The van der Waals surface area contributed by atoms with E-state index in [0.29, 0.717) is 5.92 Å². The van der Waals surface area contributed by atoms with Crippen molar-refractivity contribution in [3.63, 3.8) is 0 Å². The van der Waals surface area contributed by atoms with Crippen molar-refractivity contribution < 1.29 is 4.74 Å². The van der Waals surface area contributed by atoms with Gasteiger partial charge in [0, 0.05) is 0 Å². The van der Waals surface area contributed by atoms with Gasteiger partial charge in [-0.2, -0.15) is 0 Å². The van der Waals surface area contributed by atoms with Crippen molar-refractivity contribution in [2.45, 2.75) is 44.9 Å². The van der Waals surface area contributed by atoms with Crippen molar-refractivity contribution in [2.24, 2.45) is 0 Å². The summed E-state index contributed by atoms with van der Waals surface area (Å²) in [5.41, 5.74) is 2.85. The number of hydrogen-bond donors (Lipinski definition) is 1. The van der Waals surface area contributed by atoms with Gasteiger partial charge in [0.2, 0.25) is 0 Å². The topological polar surface area (TPSA) is 21.3 Å². The summed E-state index contributed by atoms with van der Waals surface area (Å²) in [6.07, 6.45) is 2.42. The third kappa shape index (κ3) is 2.69. The lowest BCUT2D eigenvalue weighted by atomic mass is 9.81. The Morgan fingerprint density at radius 1 is 1.17 bits per heavy atom. The molecule has 1 aromatic carbocycles. The van der Waals surface area contributed by atoms with Crippen molar-refractivity contribution in [3.8, 4) is 5.75 Å². The maximum absolute atomic E-state index is 5.74. The highest BCUT2D eigenvalue weighted by molar-refractivity contribution is 5.47. The molecule has 0 spiro atoms. The van der Waals surface area contributed by atoms with Crippen LogP contribution in [0.3, 0.4) is 0 Å². The number of rotatable bonds is 2. The predicted octanol–water partition coefficient (Wildman–Crippen LogP) is 3.46. The smallest absolute Gasteiger partial charge is 0.126 e. The maximum Gasteiger partial charge on any atom is 0.126 e. The van der Waals surface area contributed by atoms with Gasteiger partial charge in [-0.3, -0.25) is 0 Å². The molecule has 1 heterocycles. The van der Waals surface area contributed by atoms with Crippen molar-refractivity contribution >= 4 is 0 Å². The molecule has 0 radical (unpaired) electrons. The van der Waals surface area contributed by atoms with E-state index < -0.39 is 0 Å². The summed E-state index contributed by atoms with van der Waals surface area (Å²) in [5.74, 6) is 1.75. The predicted molar refractivity (Wildman–Crippen MR) is 76.5 cm³/mol. The Kier molecular flexibility index (Phi) is 3.96. The largest absolute Gasteiger partial charge is 0.496 e. The second-order valence-electron chi connectivity index (χ2n) is 6.20. The van der Waals surface area contributed by atoms with E-state index in [0.717, 1.165) is 18.8 Å². The van der Waals surface area contributed by atoms with Gasteiger partial charge in [0.05, 0.1) is 7.11 Å². The molecule has 0 unspecified atom stereocenters. The second kappa shape index (κ2) is 5.31. The Labute approximate surface area is 111 Å². The van der Waals surface area contributed by atoms with Gasteiger partial charge in [-0.25, -0.2) is 0 Å². The highest BCUT2D eigenvalue weighted by Gasteiger charge is 2.25. The molecule has 1 N–H and O–H groups in total. The molecule has 1 aliphatic heterocycles. The van der Waals surface area contributed by atoms with E-state index in [-0.39, 0.29) is 5.41 Å². The zero-order chi connectivity index (χ0) is 13.2. The molecule has 2 rings (SSSR count). The number of methoxy groups -OCH3 is 1. The molecule has 0 amide bonds. The van der Waals surface area contributed by atoms with Crippen LogP contribution in [0.5, 0.6) is 5.75 Å². The number of hydrogen-bond acceptors (Lipinski definition) is 2. The highest BCUT2D eigenvalue weighted by atomic mass is 16.5. The molecule has 0 aromatic heterocycles. The molecule has 100 valence electrons. The molecule has 0 bridgehead atoms. The lowest BCUT2D eigenvalue weighted by molar-refractivity contribution is 0.378. The average Bonchev–Trinajstić information content (AvgIpc) is 2.37. The van der Waals surface area contributed by atoms with Gasteiger partial charge in [-0.15, -0.1) is 0 Å². The Hall–Kier alpha value is -1.02. The first-order chi connectivity index (χ1) is 8.54. The average molecular weight is 247 g/mol. The number of nitrogens with one attached hydrogen (secondary N) is 1. The summed E-state index contributed by atoms with van der Waals surface area (Å²) in [7, 11) is 1.80. The van der Waals surface area contributed by atoms with Crippen LogP contribution in [0, 0.1) is 0 Å². The normalized spacial score (nSPS) is 17.8. The minimum absolute atomic E-state index is 0.133. The van der Waals surface area contributed by atoms with Crippen LogP contribution >= 0.6 is 0 Å². The van der Waals surface area contributed by atoms with Crippen molar-refractivity contribution in [2.75, 3.05) is 20.2 Å². The highest BCUT2D eigenvalue weighted by Crippen LogP contribution is 2.39. The number of ether oxygens (including phenoxy) is 1. The zero-order valence-electron chi connectivity index (χ0n) is 12.0. The van der Waals surface area contributed by atoms with E-state index in [9.17, 15) is 0 Å². The first kappa shape index (κ1) is 13.4. The quantitative estimate of drug-likeness (QED) is 0.864. The zero-order valence-corrected chi connectivity index (χ0v) is 12.0. The van der Waals surface area contributed by atoms with Crippen LogP contribution < -0.4 is 10.1 Å². The third-order valence-electron chi connectivity index (χ3n) is 3.84. The summed E-state index contributed by atoms with van der Waals surface area (Å²) in [6.45, 7) is 8.98. The van der Waals surface area contributed by atoms with E-state index >= 15 is 0 Å². The fourth-order valence-corrected chi connectivity index (χ4v) is 2.83. The monoisotopic (exact) mass is 247 g/mol. The maximum atomic E-state index is 5.74. The fourth-order valence-electron chi connectivity index (χ4n) is 2.83. The first-order valence-electron chi connectivity index (χ1n) is 6.92. The fraction of sp³-hybridized carbons (Fsp3) is 0.625. The molecular formula is C16H25NO. The summed E-state index contributed by atoms with van der Waals surface area (Å²) in [5, 5.41) is 3.43. The van der Waals surface area contributed by atoms with Crippen LogP contribution in [-0.2, 0) is 5.41 Å². The van der Waals surface area contributed by atoms with E-state index in [2.05, 4.69) is 44.3 Å². The Morgan fingerprint density at radius 3 is 2.39 bits per heavy atom. The molecule has 0 atom stereocenters. The Balaban J connectivity index is 2.40. The standard InChI is InChI=1S/C16H25NO/c1-16(2,3)14-7-5-6-13(15(14)18-4)12-8-10-17-11-9-12/h5-7,12,17H,8-11H2,1-4H3. The van der Waals surface area contributed by atoms with E-state index in [1.54, 1.807) is 7.11 Å². The van der Waals surface area contributed by atoms with Crippen molar-refractivity contribution in [3.05, 3.63) is 29.3 Å². The molecule has 1 saturated heterocycles. The third-order valence-corrected chi connectivity index (χ3v) is 3.84. The molecule has 1 aromatic rings. The lowest BCUT2D eigenvalue weighted by Crippen LogP contribution is -2.27. The van der Waals surface area contributed by atoms with Gasteiger partial charge in [0.15, 0.2) is 0 Å². The van der Waals surface area contributed by atoms with Gasteiger partial charge in [0.1, 0.15) is 5.75 Å². The van der Waals surface area contributed by atoms with Crippen LogP contribution in [0.15, 0.2) is 18.2 Å². The van der Waals surface area contributed by atoms with Crippen LogP contribution in [-0.4, -0.2) is 20.2 Å². The van der Waals surface area contributed by atoms with Gasteiger partial charge < -0.3 is 10.1 Å². The number of benzene rings is 1. The van der Waals surface area contributed by atoms with Crippen LogP contribution in [0.2, 0.25) is 0 Å². The Morgan fingerprint density at radius 2 is 1.83 bits per heavy atom. The summed E-state index contributed by atoms with van der Waals surface area (Å²) in [6, 6.07) is 6.62. The van der Waals surface area contributed by atoms with Crippen LogP contribution in [0.1, 0.15) is 50.7 Å². The van der Waals surface area contributed by atoms with E-state index in [1.807, 2.05) is 0 Å². The molecular weight excluding hydrogens is 222 g/mol.